The molecule has 5 nitrogen and oxygen atoms in total. The molecule has 1 aromatic carbocycles. The van der Waals surface area contributed by atoms with Crippen molar-refractivity contribution in [1.82, 2.24) is 10.2 Å². The second-order valence-electron chi connectivity index (χ2n) is 3.54. The standard InChI is InChI=1S/C11H11FN4O/c1-16(8-4-2-3-7(12)5-8)11(17)9-6-14-15-10(9)13/h2-6H,1H3,(H3,13,14,15). The molecule has 0 fully saturated rings. The Morgan fingerprint density at radius 2 is 2.29 bits per heavy atom. The van der Waals surface area contributed by atoms with Crippen molar-refractivity contribution in [3.63, 3.8) is 0 Å². The third-order valence-electron chi connectivity index (χ3n) is 2.40. The number of hydrogen-bond donors (Lipinski definition) is 2. The highest BCUT2D eigenvalue weighted by atomic mass is 19.1. The molecule has 0 aliphatic carbocycles. The molecular weight excluding hydrogens is 223 g/mol. The Labute approximate surface area is 97.0 Å². The Balaban J connectivity index is 2.30. The first-order chi connectivity index (χ1) is 8.09. The molecule has 0 radical (unpaired) electrons. The van der Waals surface area contributed by atoms with Crippen molar-refractivity contribution < 1.29 is 9.18 Å². The molecule has 0 spiro atoms. The smallest absolute Gasteiger partial charge is 0.263 e. The van der Waals surface area contributed by atoms with Crippen LogP contribution in [0.15, 0.2) is 30.5 Å². The number of nitrogen functional groups attached to an aromatic ring is 1. The van der Waals surface area contributed by atoms with E-state index in [1.165, 1.54) is 29.3 Å². The summed E-state index contributed by atoms with van der Waals surface area (Å²) < 4.78 is 13.0. The van der Waals surface area contributed by atoms with Crippen LogP contribution in [0.4, 0.5) is 15.9 Å². The van der Waals surface area contributed by atoms with Gasteiger partial charge >= 0.3 is 0 Å². The molecule has 2 aromatic rings. The molecule has 0 aliphatic heterocycles. The Kier molecular flexibility index (Phi) is 2.78. The molecule has 0 saturated heterocycles. The number of H-pyrrole nitrogens is 1. The summed E-state index contributed by atoms with van der Waals surface area (Å²) in [6, 6.07) is 5.76. The Morgan fingerprint density at radius 1 is 1.53 bits per heavy atom. The minimum atomic E-state index is -0.401. The first-order valence-corrected chi connectivity index (χ1v) is 4.92. The van der Waals surface area contributed by atoms with Crippen LogP contribution in [0.2, 0.25) is 0 Å². The van der Waals surface area contributed by atoms with Crippen LogP contribution in [0.5, 0.6) is 0 Å². The molecule has 3 N–H and O–H groups in total. The first-order valence-electron chi connectivity index (χ1n) is 4.92. The highest BCUT2D eigenvalue weighted by Gasteiger charge is 2.17. The number of amides is 1. The lowest BCUT2D eigenvalue weighted by Crippen LogP contribution is -2.26. The van der Waals surface area contributed by atoms with Gasteiger partial charge in [-0.3, -0.25) is 9.89 Å². The van der Waals surface area contributed by atoms with Crippen molar-refractivity contribution in [2.75, 3.05) is 17.7 Å². The van der Waals surface area contributed by atoms with Gasteiger partial charge in [-0.25, -0.2) is 4.39 Å². The van der Waals surface area contributed by atoms with E-state index in [1.54, 1.807) is 13.1 Å². The number of anilines is 2. The molecule has 0 bridgehead atoms. The van der Waals surface area contributed by atoms with E-state index in [0.717, 1.165) is 0 Å². The van der Waals surface area contributed by atoms with Gasteiger partial charge in [-0.1, -0.05) is 6.07 Å². The number of nitrogens with zero attached hydrogens (tertiary/aromatic N) is 2. The average molecular weight is 234 g/mol. The quantitative estimate of drug-likeness (QED) is 0.824. The second-order valence-corrected chi connectivity index (χ2v) is 3.54. The van der Waals surface area contributed by atoms with Gasteiger partial charge in [0.05, 0.1) is 6.20 Å². The van der Waals surface area contributed by atoms with Gasteiger partial charge in [0.2, 0.25) is 0 Å². The zero-order valence-electron chi connectivity index (χ0n) is 9.14. The summed E-state index contributed by atoms with van der Waals surface area (Å²) in [5, 5.41) is 6.14. The van der Waals surface area contributed by atoms with Gasteiger partial charge < -0.3 is 10.6 Å². The fourth-order valence-corrected chi connectivity index (χ4v) is 1.45. The normalized spacial score (nSPS) is 10.2. The number of rotatable bonds is 2. The molecular formula is C11H11FN4O. The SMILES string of the molecule is CN(C(=O)c1cn[nH]c1N)c1cccc(F)c1. The van der Waals surface area contributed by atoms with E-state index in [9.17, 15) is 9.18 Å². The van der Waals surface area contributed by atoms with E-state index < -0.39 is 5.82 Å². The van der Waals surface area contributed by atoms with E-state index in [0.29, 0.717) is 5.69 Å². The molecule has 0 atom stereocenters. The molecule has 1 heterocycles. The van der Waals surface area contributed by atoms with E-state index >= 15 is 0 Å². The van der Waals surface area contributed by atoms with Gasteiger partial charge in [0.1, 0.15) is 17.2 Å². The van der Waals surface area contributed by atoms with Gasteiger partial charge in [-0.15, -0.1) is 0 Å². The predicted octanol–water partition coefficient (Wildman–Crippen LogP) is 1.41. The topological polar surface area (TPSA) is 75.0 Å². The summed E-state index contributed by atoms with van der Waals surface area (Å²) in [4.78, 5) is 13.3. The average Bonchev–Trinajstić information content (AvgIpc) is 2.73. The molecule has 88 valence electrons. The number of carbonyl (C=O) groups is 1. The summed E-state index contributed by atoms with van der Waals surface area (Å²) in [5.41, 5.74) is 6.26. The van der Waals surface area contributed by atoms with Gasteiger partial charge in [-0.2, -0.15) is 5.10 Å². The van der Waals surface area contributed by atoms with Crippen molar-refractivity contribution >= 4 is 17.4 Å². The number of benzene rings is 1. The van der Waals surface area contributed by atoms with Crippen LogP contribution < -0.4 is 10.6 Å². The van der Waals surface area contributed by atoms with Crippen LogP contribution in [-0.2, 0) is 0 Å². The molecule has 1 aromatic heterocycles. The zero-order chi connectivity index (χ0) is 12.4. The monoisotopic (exact) mass is 234 g/mol. The summed E-state index contributed by atoms with van der Waals surface area (Å²) >= 11 is 0. The van der Waals surface area contributed by atoms with Crippen LogP contribution in [0.1, 0.15) is 10.4 Å². The molecule has 0 unspecified atom stereocenters. The van der Waals surface area contributed by atoms with E-state index in [2.05, 4.69) is 10.2 Å². The summed E-state index contributed by atoms with van der Waals surface area (Å²) in [6.07, 6.45) is 1.34. The van der Waals surface area contributed by atoms with Crippen molar-refractivity contribution in [3.05, 3.63) is 41.8 Å². The summed E-state index contributed by atoms with van der Waals surface area (Å²) in [6.45, 7) is 0. The third kappa shape index (κ3) is 2.10. The molecule has 0 aliphatic rings. The van der Waals surface area contributed by atoms with E-state index in [-0.39, 0.29) is 17.3 Å². The maximum absolute atomic E-state index is 13.0. The van der Waals surface area contributed by atoms with Crippen LogP contribution in [0.3, 0.4) is 0 Å². The van der Waals surface area contributed by atoms with Crippen LogP contribution in [-0.4, -0.2) is 23.2 Å². The number of aromatic amines is 1. The predicted molar refractivity (Wildman–Crippen MR) is 62.1 cm³/mol. The summed E-state index contributed by atoms with van der Waals surface area (Å²) in [7, 11) is 1.55. The summed E-state index contributed by atoms with van der Waals surface area (Å²) in [5.74, 6) is -0.553. The van der Waals surface area contributed by atoms with Crippen molar-refractivity contribution in [1.29, 1.82) is 0 Å². The number of hydrogen-bond acceptors (Lipinski definition) is 3. The molecule has 2 rings (SSSR count). The lowest BCUT2D eigenvalue weighted by atomic mass is 10.2. The van der Waals surface area contributed by atoms with Gasteiger partial charge in [0, 0.05) is 12.7 Å². The lowest BCUT2D eigenvalue weighted by molar-refractivity contribution is 0.0994. The van der Waals surface area contributed by atoms with E-state index in [4.69, 9.17) is 5.73 Å². The molecule has 1 amide bonds. The Hall–Kier alpha value is -2.37. The second kappa shape index (κ2) is 4.25. The first kappa shape index (κ1) is 11.1. The zero-order valence-corrected chi connectivity index (χ0v) is 9.14. The minimum Gasteiger partial charge on any atom is -0.383 e. The van der Waals surface area contributed by atoms with Gasteiger partial charge in [0.15, 0.2) is 0 Å². The largest absolute Gasteiger partial charge is 0.383 e. The Morgan fingerprint density at radius 3 is 2.88 bits per heavy atom. The molecule has 0 saturated carbocycles. The fraction of sp³-hybridized carbons (Fsp3) is 0.0909. The minimum absolute atomic E-state index is 0.193. The highest BCUT2D eigenvalue weighted by molar-refractivity contribution is 6.08. The number of aromatic nitrogens is 2. The van der Waals surface area contributed by atoms with Crippen molar-refractivity contribution in [2.45, 2.75) is 0 Å². The number of nitrogens with one attached hydrogen (secondary N) is 1. The number of carbonyl (C=O) groups excluding carboxylic acids is 1. The Bertz CT molecular complexity index is 552. The molecule has 17 heavy (non-hydrogen) atoms. The van der Waals surface area contributed by atoms with Gasteiger partial charge in [0.25, 0.3) is 5.91 Å². The maximum Gasteiger partial charge on any atom is 0.263 e. The van der Waals surface area contributed by atoms with Crippen molar-refractivity contribution in [3.8, 4) is 0 Å². The highest BCUT2D eigenvalue weighted by Crippen LogP contribution is 2.18. The van der Waals surface area contributed by atoms with Crippen LogP contribution in [0.25, 0.3) is 0 Å². The molecule has 6 heteroatoms. The number of halogens is 1. The fourth-order valence-electron chi connectivity index (χ4n) is 1.45. The number of nitrogens with two attached hydrogens (primary N) is 1. The third-order valence-corrected chi connectivity index (χ3v) is 2.40. The maximum atomic E-state index is 13.0. The lowest BCUT2D eigenvalue weighted by Gasteiger charge is -2.16. The van der Waals surface area contributed by atoms with Crippen LogP contribution >= 0.6 is 0 Å². The van der Waals surface area contributed by atoms with E-state index in [1.807, 2.05) is 0 Å². The van der Waals surface area contributed by atoms with Crippen molar-refractivity contribution in [2.24, 2.45) is 0 Å². The van der Waals surface area contributed by atoms with Gasteiger partial charge in [-0.05, 0) is 18.2 Å². The van der Waals surface area contributed by atoms with Crippen LogP contribution in [0, 0.1) is 5.82 Å².